The van der Waals surface area contributed by atoms with Crippen LogP contribution in [0.4, 0.5) is 0 Å². The zero-order valence-electron chi connectivity index (χ0n) is 15.1. The van der Waals surface area contributed by atoms with E-state index in [1.165, 1.54) is 0 Å². The molecule has 1 saturated carbocycles. The van der Waals surface area contributed by atoms with Crippen LogP contribution in [-0.2, 0) is 9.84 Å². The summed E-state index contributed by atoms with van der Waals surface area (Å²) in [7, 11) is -1.89. The molecule has 144 valence electrons. The second-order valence-corrected chi connectivity index (χ2v) is 9.33. The minimum Gasteiger partial charge on any atom is -0.497 e. The number of carbonyl (C=O) groups excluding carboxylic acids is 1. The first kappa shape index (κ1) is 18.0. The van der Waals surface area contributed by atoms with Gasteiger partial charge in [0.25, 0.3) is 5.91 Å². The molecule has 0 atom stereocenters. The third-order valence-corrected chi connectivity index (χ3v) is 7.56. The van der Waals surface area contributed by atoms with Gasteiger partial charge in [-0.3, -0.25) is 4.79 Å². The van der Waals surface area contributed by atoms with Crippen molar-refractivity contribution in [1.82, 2.24) is 10.1 Å². The summed E-state index contributed by atoms with van der Waals surface area (Å²) in [4.78, 5) is 14.5. The van der Waals surface area contributed by atoms with Crippen LogP contribution >= 0.6 is 0 Å². The zero-order valence-corrected chi connectivity index (χ0v) is 15.9. The first-order valence-corrected chi connectivity index (χ1v) is 10.7. The molecule has 1 saturated heterocycles. The third-order valence-electron chi connectivity index (χ3n) is 5.28. The fourth-order valence-electron chi connectivity index (χ4n) is 3.44. The molecule has 27 heavy (non-hydrogen) atoms. The number of piperidine rings is 1. The number of nitrogens with zero attached hydrogens (tertiary/aromatic N) is 2. The fraction of sp³-hybridized carbons (Fsp3) is 0.474. The van der Waals surface area contributed by atoms with Gasteiger partial charge in [0.05, 0.1) is 17.3 Å². The predicted molar refractivity (Wildman–Crippen MR) is 97.6 cm³/mol. The molecule has 1 aromatic carbocycles. The van der Waals surface area contributed by atoms with Gasteiger partial charge in [0, 0.05) is 25.1 Å². The molecule has 1 aromatic heterocycles. The van der Waals surface area contributed by atoms with E-state index in [-0.39, 0.29) is 5.91 Å². The molecule has 2 aliphatic rings. The Kier molecular flexibility index (Phi) is 4.67. The summed E-state index contributed by atoms with van der Waals surface area (Å²) in [5.74, 6) is 1.60. The number of hydrogen-bond acceptors (Lipinski definition) is 6. The van der Waals surface area contributed by atoms with E-state index in [4.69, 9.17) is 9.26 Å². The van der Waals surface area contributed by atoms with Crippen molar-refractivity contribution >= 4 is 15.7 Å². The van der Waals surface area contributed by atoms with E-state index in [9.17, 15) is 13.2 Å². The van der Waals surface area contributed by atoms with Crippen LogP contribution in [0.3, 0.4) is 0 Å². The lowest BCUT2D eigenvalue weighted by atomic mass is 10.1. The molecule has 1 aliphatic heterocycles. The average Bonchev–Trinajstić information content (AvgIpc) is 3.44. The van der Waals surface area contributed by atoms with Crippen molar-refractivity contribution in [2.45, 2.75) is 41.7 Å². The highest BCUT2D eigenvalue weighted by Gasteiger charge is 2.34. The van der Waals surface area contributed by atoms with E-state index in [1.807, 2.05) is 0 Å². The number of benzene rings is 1. The molecule has 2 fully saturated rings. The Hall–Kier alpha value is -2.35. The van der Waals surface area contributed by atoms with Crippen LogP contribution in [-0.4, -0.2) is 49.8 Å². The maximum Gasteiger partial charge on any atom is 0.276 e. The number of carbonyl (C=O) groups is 1. The van der Waals surface area contributed by atoms with E-state index >= 15 is 0 Å². The number of amides is 1. The Morgan fingerprint density at radius 2 is 1.81 bits per heavy atom. The highest BCUT2D eigenvalue weighted by Crippen LogP contribution is 2.40. The Balaban J connectivity index is 1.40. The molecule has 0 N–H and O–H groups in total. The predicted octanol–water partition coefficient (Wildman–Crippen LogP) is 2.64. The number of sulfone groups is 1. The minimum atomic E-state index is -3.43. The first-order valence-electron chi connectivity index (χ1n) is 9.13. The molecule has 0 spiro atoms. The quantitative estimate of drug-likeness (QED) is 0.780. The summed E-state index contributed by atoms with van der Waals surface area (Å²) in [6, 6.07) is 8.16. The topological polar surface area (TPSA) is 89.7 Å². The van der Waals surface area contributed by atoms with E-state index in [0.717, 1.165) is 18.6 Å². The van der Waals surface area contributed by atoms with E-state index in [2.05, 4.69) is 5.16 Å². The number of ether oxygens (including phenoxy) is 1. The summed E-state index contributed by atoms with van der Waals surface area (Å²) < 4.78 is 36.0. The smallest absolute Gasteiger partial charge is 0.276 e. The van der Waals surface area contributed by atoms with Crippen molar-refractivity contribution in [3.05, 3.63) is 41.8 Å². The van der Waals surface area contributed by atoms with Crippen LogP contribution in [0.2, 0.25) is 0 Å². The summed E-state index contributed by atoms with van der Waals surface area (Å²) in [6.07, 6.45) is 2.98. The number of aromatic nitrogens is 1. The Morgan fingerprint density at radius 1 is 1.15 bits per heavy atom. The molecule has 0 radical (unpaired) electrons. The second kappa shape index (κ2) is 6.99. The summed E-state index contributed by atoms with van der Waals surface area (Å²) in [5, 5.41) is 3.40. The van der Waals surface area contributed by atoms with Crippen LogP contribution in [0.1, 0.15) is 47.8 Å². The van der Waals surface area contributed by atoms with Crippen molar-refractivity contribution < 1.29 is 22.5 Å². The van der Waals surface area contributed by atoms with Crippen molar-refractivity contribution in [3.63, 3.8) is 0 Å². The van der Waals surface area contributed by atoms with Crippen LogP contribution < -0.4 is 4.74 Å². The largest absolute Gasteiger partial charge is 0.497 e. The van der Waals surface area contributed by atoms with Gasteiger partial charge in [-0.2, -0.15) is 0 Å². The zero-order chi connectivity index (χ0) is 19.0. The lowest BCUT2D eigenvalue weighted by Crippen LogP contribution is -2.42. The third kappa shape index (κ3) is 3.58. The molecule has 1 amide bonds. The lowest BCUT2D eigenvalue weighted by Gasteiger charge is -2.31. The SMILES string of the molecule is COc1ccc(S(=O)(=O)C2CCN(C(=O)c3cc(C4CC4)on3)CC2)cc1. The van der Waals surface area contributed by atoms with Crippen LogP contribution in [0.15, 0.2) is 39.8 Å². The van der Waals surface area contributed by atoms with Gasteiger partial charge in [-0.25, -0.2) is 8.42 Å². The molecule has 0 bridgehead atoms. The molecule has 8 heteroatoms. The van der Waals surface area contributed by atoms with Gasteiger partial charge >= 0.3 is 0 Å². The molecule has 7 nitrogen and oxygen atoms in total. The monoisotopic (exact) mass is 390 g/mol. The van der Waals surface area contributed by atoms with Crippen LogP contribution in [0.25, 0.3) is 0 Å². The molecule has 4 rings (SSSR count). The maximum absolute atomic E-state index is 12.8. The molecular formula is C19H22N2O5S. The highest BCUT2D eigenvalue weighted by molar-refractivity contribution is 7.92. The number of methoxy groups -OCH3 is 1. The van der Waals surface area contributed by atoms with Crippen LogP contribution in [0, 0.1) is 0 Å². The van der Waals surface area contributed by atoms with E-state index < -0.39 is 15.1 Å². The lowest BCUT2D eigenvalue weighted by molar-refractivity contribution is 0.0715. The Bertz CT molecular complexity index is 923. The summed E-state index contributed by atoms with van der Waals surface area (Å²) in [6.45, 7) is 0.787. The average molecular weight is 390 g/mol. The minimum absolute atomic E-state index is 0.189. The van der Waals surface area contributed by atoms with Gasteiger partial charge in [0.1, 0.15) is 11.5 Å². The maximum atomic E-state index is 12.8. The number of likely N-dealkylation sites (tertiary alicyclic amines) is 1. The molecule has 0 unspecified atom stereocenters. The molecule has 2 heterocycles. The van der Waals surface area contributed by atoms with Crippen molar-refractivity contribution in [1.29, 1.82) is 0 Å². The van der Waals surface area contributed by atoms with Crippen LogP contribution in [0.5, 0.6) is 5.75 Å². The van der Waals surface area contributed by atoms with Gasteiger partial charge in [-0.1, -0.05) is 5.16 Å². The Morgan fingerprint density at radius 3 is 2.41 bits per heavy atom. The first-order chi connectivity index (χ1) is 13.0. The van der Waals surface area contributed by atoms with E-state index in [1.54, 1.807) is 42.3 Å². The standard InChI is InChI=1S/C19H22N2O5S/c1-25-14-4-6-15(7-5-14)27(23,24)16-8-10-21(11-9-16)19(22)17-12-18(26-20-17)13-2-3-13/h4-7,12-13,16H,2-3,8-11H2,1H3. The van der Waals surface area contributed by atoms with Gasteiger partial charge in [0.15, 0.2) is 15.5 Å². The highest BCUT2D eigenvalue weighted by atomic mass is 32.2. The van der Waals surface area contributed by atoms with Gasteiger partial charge in [-0.15, -0.1) is 0 Å². The van der Waals surface area contributed by atoms with Gasteiger partial charge < -0.3 is 14.2 Å². The normalized spacial score (nSPS) is 18.5. The fourth-order valence-corrected chi connectivity index (χ4v) is 5.17. The number of hydrogen-bond donors (Lipinski definition) is 0. The van der Waals surface area contributed by atoms with Gasteiger partial charge in [-0.05, 0) is 49.9 Å². The molecular weight excluding hydrogens is 368 g/mol. The summed E-state index contributed by atoms with van der Waals surface area (Å²) in [5.41, 5.74) is 0.313. The van der Waals surface area contributed by atoms with Gasteiger partial charge in [0.2, 0.25) is 0 Å². The second-order valence-electron chi connectivity index (χ2n) is 7.10. The van der Waals surface area contributed by atoms with Crippen molar-refractivity contribution in [2.24, 2.45) is 0 Å². The number of rotatable bonds is 5. The Labute approximate surface area is 158 Å². The van der Waals surface area contributed by atoms with Crippen molar-refractivity contribution in [3.8, 4) is 5.75 Å². The van der Waals surface area contributed by atoms with E-state index in [0.29, 0.717) is 48.2 Å². The molecule has 2 aromatic rings. The molecule has 1 aliphatic carbocycles. The van der Waals surface area contributed by atoms with Crippen molar-refractivity contribution in [2.75, 3.05) is 20.2 Å². The summed E-state index contributed by atoms with van der Waals surface area (Å²) >= 11 is 0.